The molecule has 122 valence electrons. The van der Waals surface area contributed by atoms with Crippen LogP contribution in [0, 0.1) is 0 Å². The maximum absolute atomic E-state index is 12.9. The van der Waals surface area contributed by atoms with Crippen LogP contribution in [0.15, 0.2) is 71.9 Å². The molecule has 0 amide bonds. The minimum Gasteiger partial charge on any atom is -0.356 e. The van der Waals surface area contributed by atoms with Gasteiger partial charge < -0.3 is 9.64 Å². The van der Waals surface area contributed by atoms with Gasteiger partial charge in [-0.3, -0.25) is 4.79 Å². The van der Waals surface area contributed by atoms with Crippen LogP contribution in [0.3, 0.4) is 0 Å². The molecule has 0 aromatic heterocycles. The molecule has 0 N–H and O–H groups in total. The Morgan fingerprint density at radius 3 is 2.42 bits per heavy atom. The predicted octanol–water partition coefficient (Wildman–Crippen LogP) is 4.34. The number of Topliss-reactive ketones (excluding diaryl/α,β-unsaturated/α-hetero) is 1. The zero-order valence-electron chi connectivity index (χ0n) is 13.8. The second-order valence-corrected chi connectivity index (χ2v) is 6.42. The second kappa shape index (κ2) is 6.25. The number of nitrogens with zero attached hydrogens (tertiary/aromatic N) is 1. The molecule has 0 unspecified atom stereocenters. The van der Waals surface area contributed by atoms with Gasteiger partial charge in [-0.2, -0.15) is 0 Å². The first-order valence-electron chi connectivity index (χ1n) is 8.50. The van der Waals surface area contributed by atoms with E-state index in [-0.39, 0.29) is 18.1 Å². The van der Waals surface area contributed by atoms with Crippen molar-refractivity contribution in [1.29, 1.82) is 0 Å². The van der Waals surface area contributed by atoms with E-state index in [2.05, 4.69) is 36.1 Å². The van der Waals surface area contributed by atoms with Crippen molar-refractivity contribution in [3.63, 3.8) is 0 Å². The fourth-order valence-electron chi connectivity index (χ4n) is 3.81. The van der Waals surface area contributed by atoms with Gasteiger partial charge in [-0.1, -0.05) is 60.7 Å². The zero-order chi connectivity index (χ0) is 16.5. The first-order chi connectivity index (χ1) is 11.8. The Labute approximate surface area is 142 Å². The Kier molecular flexibility index (Phi) is 3.95. The van der Waals surface area contributed by atoms with Crippen molar-refractivity contribution in [2.24, 2.45) is 0 Å². The van der Waals surface area contributed by atoms with Crippen LogP contribution < -0.4 is 0 Å². The van der Waals surface area contributed by atoms with E-state index in [9.17, 15) is 4.79 Å². The van der Waals surface area contributed by atoms with Crippen LogP contribution in [-0.4, -0.2) is 23.5 Å². The number of carbonyl (C=O) groups is 1. The molecule has 2 aromatic carbocycles. The molecule has 3 nitrogen and oxygen atoms in total. The average Bonchev–Trinajstić information content (AvgIpc) is 3.08. The van der Waals surface area contributed by atoms with Gasteiger partial charge in [-0.15, -0.1) is 0 Å². The number of allylic oxidation sites excluding steroid dienone is 2. The van der Waals surface area contributed by atoms with Gasteiger partial charge in [0, 0.05) is 16.8 Å². The van der Waals surface area contributed by atoms with Crippen LogP contribution in [0.25, 0.3) is 0 Å². The molecule has 2 aromatic rings. The van der Waals surface area contributed by atoms with E-state index in [1.54, 1.807) is 0 Å². The molecule has 3 heteroatoms. The quantitative estimate of drug-likeness (QED) is 0.788. The molecule has 2 heterocycles. The van der Waals surface area contributed by atoms with Crippen LogP contribution in [0.5, 0.6) is 0 Å². The lowest BCUT2D eigenvalue weighted by atomic mass is 9.92. The summed E-state index contributed by atoms with van der Waals surface area (Å²) in [5.41, 5.74) is 3.99. The van der Waals surface area contributed by atoms with Gasteiger partial charge in [0.25, 0.3) is 0 Å². The Morgan fingerprint density at radius 2 is 1.71 bits per heavy atom. The van der Waals surface area contributed by atoms with Crippen molar-refractivity contribution in [2.75, 3.05) is 6.61 Å². The van der Waals surface area contributed by atoms with Crippen LogP contribution >= 0.6 is 0 Å². The summed E-state index contributed by atoms with van der Waals surface area (Å²) in [7, 11) is 0. The first-order valence-corrected chi connectivity index (χ1v) is 8.50. The molecule has 0 saturated carbocycles. The summed E-state index contributed by atoms with van der Waals surface area (Å²) in [5.74, 6) is 0.144. The van der Waals surface area contributed by atoms with Crippen molar-refractivity contribution in [3.8, 4) is 0 Å². The van der Waals surface area contributed by atoms with Crippen LogP contribution in [0.4, 0.5) is 0 Å². The fraction of sp³-hybridized carbons (Fsp3) is 0.286. The summed E-state index contributed by atoms with van der Waals surface area (Å²) in [6.45, 7) is 2.74. The van der Waals surface area contributed by atoms with E-state index in [4.69, 9.17) is 4.74 Å². The number of rotatable bonds is 3. The highest BCUT2D eigenvalue weighted by atomic mass is 16.5. The second-order valence-electron chi connectivity index (χ2n) is 6.42. The molecule has 2 aliphatic heterocycles. The summed E-state index contributed by atoms with van der Waals surface area (Å²) in [6, 6.07) is 20.2. The lowest BCUT2D eigenvalue weighted by molar-refractivity contribution is 0.0333. The number of fused-ring (bicyclic) bond motifs is 1. The van der Waals surface area contributed by atoms with Crippen molar-refractivity contribution in [2.45, 2.75) is 32.0 Å². The number of hydrogen-bond acceptors (Lipinski definition) is 3. The highest BCUT2D eigenvalue weighted by molar-refractivity contribution is 6.09. The molecular formula is C21H21NO2. The SMILES string of the molecule is CC1=C(C(=O)c2ccccc2)CC[C@@H]2OC[C@H](c3ccccc3)N12. The Bertz CT molecular complexity index is 767. The molecule has 0 bridgehead atoms. The van der Waals surface area contributed by atoms with E-state index >= 15 is 0 Å². The molecule has 4 rings (SSSR count). The van der Waals surface area contributed by atoms with Crippen molar-refractivity contribution in [1.82, 2.24) is 4.90 Å². The lowest BCUT2D eigenvalue weighted by Crippen LogP contribution is -2.36. The third kappa shape index (κ3) is 2.55. The molecule has 0 aliphatic carbocycles. The number of benzene rings is 2. The van der Waals surface area contributed by atoms with Crippen molar-refractivity contribution in [3.05, 3.63) is 83.1 Å². The maximum atomic E-state index is 12.9. The average molecular weight is 319 g/mol. The molecule has 0 radical (unpaired) electrons. The number of ether oxygens (including phenoxy) is 1. The topological polar surface area (TPSA) is 29.5 Å². The van der Waals surface area contributed by atoms with E-state index < -0.39 is 0 Å². The predicted molar refractivity (Wildman–Crippen MR) is 93.5 cm³/mol. The summed E-state index contributed by atoms with van der Waals surface area (Å²) in [5, 5.41) is 0. The van der Waals surface area contributed by atoms with Crippen molar-refractivity contribution < 1.29 is 9.53 Å². The smallest absolute Gasteiger partial charge is 0.190 e. The van der Waals surface area contributed by atoms with Gasteiger partial charge >= 0.3 is 0 Å². The van der Waals surface area contributed by atoms with Gasteiger partial charge in [0.15, 0.2) is 5.78 Å². The van der Waals surface area contributed by atoms with E-state index in [1.165, 1.54) is 5.56 Å². The number of carbonyl (C=O) groups excluding carboxylic acids is 1. The van der Waals surface area contributed by atoms with Crippen molar-refractivity contribution >= 4 is 5.78 Å². The summed E-state index contributed by atoms with van der Waals surface area (Å²) < 4.78 is 6.01. The molecule has 2 atom stereocenters. The Hall–Kier alpha value is -2.39. The van der Waals surface area contributed by atoms with Crippen LogP contribution in [0.1, 0.15) is 41.7 Å². The third-order valence-electron chi connectivity index (χ3n) is 5.05. The van der Waals surface area contributed by atoms with Gasteiger partial charge in [0.1, 0.15) is 6.23 Å². The summed E-state index contributed by atoms with van der Waals surface area (Å²) in [4.78, 5) is 15.2. The molecule has 0 spiro atoms. The van der Waals surface area contributed by atoms with Gasteiger partial charge in [-0.05, 0) is 25.3 Å². The fourth-order valence-corrected chi connectivity index (χ4v) is 3.81. The third-order valence-corrected chi connectivity index (χ3v) is 5.05. The van der Waals surface area contributed by atoms with E-state index in [1.807, 2.05) is 36.4 Å². The molecule has 24 heavy (non-hydrogen) atoms. The van der Waals surface area contributed by atoms with Gasteiger partial charge in [-0.25, -0.2) is 0 Å². The maximum Gasteiger partial charge on any atom is 0.190 e. The van der Waals surface area contributed by atoms with E-state index in [0.717, 1.165) is 29.7 Å². The van der Waals surface area contributed by atoms with Crippen LogP contribution in [0.2, 0.25) is 0 Å². The summed E-state index contributed by atoms with van der Waals surface area (Å²) >= 11 is 0. The lowest BCUT2D eigenvalue weighted by Gasteiger charge is -2.36. The Balaban J connectivity index is 1.70. The highest BCUT2D eigenvalue weighted by Crippen LogP contribution is 2.41. The number of hydrogen-bond donors (Lipinski definition) is 0. The molecular weight excluding hydrogens is 298 g/mol. The monoisotopic (exact) mass is 319 g/mol. The molecule has 1 fully saturated rings. The first kappa shape index (κ1) is 15.2. The van der Waals surface area contributed by atoms with Crippen LogP contribution in [-0.2, 0) is 4.74 Å². The number of ketones is 1. The molecule has 2 aliphatic rings. The van der Waals surface area contributed by atoms with Gasteiger partial charge in [0.2, 0.25) is 0 Å². The molecule has 1 saturated heterocycles. The highest BCUT2D eigenvalue weighted by Gasteiger charge is 2.39. The van der Waals surface area contributed by atoms with E-state index in [0.29, 0.717) is 6.61 Å². The normalized spacial score (nSPS) is 23.3. The minimum atomic E-state index is 0.0857. The minimum absolute atomic E-state index is 0.0857. The standard InChI is InChI=1S/C21H21NO2/c1-15-18(21(23)17-10-6-3-7-11-17)12-13-20-22(15)19(14-24-20)16-8-4-2-5-9-16/h2-11,19-20H,12-14H2,1H3/t19-,20+/m1/s1. The largest absolute Gasteiger partial charge is 0.356 e. The zero-order valence-corrected chi connectivity index (χ0v) is 13.8. The summed E-state index contributed by atoms with van der Waals surface area (Å²) in [6.07, 6.45) is 1.74. The van der Waals surface area contributed by atoms with Gasteiger partial charge in [0.05, 0.1) is 12.6 Å². The Morgan fingerprint density at radius 1 is 1.04 bits per heavy atom.